The van der Waals surface area contributed by atoms with Crippen LogP contribution in [0.4, 0.5) is 5.82 Å². The molecule has 0 fully saturated rings. The summed E-state index contributed by atoms with van der Waals surface area (Å²) in [6, 6.07) is 1.54. The second-order valence-electron chi connectivity index (χ2n) is 2.77. The lowest BCUT2D eigenvalue weighted by molar-refractivity contribution is 0.605. The van der Waals surface area contributed by atoms with E-state index in [0.717, 1.165) is 0 Å². The predicted molar refractivity (Wildman–Crippen MR) is 54.8 cm³/mol. The van der Waals surface area contributed by atoms with E-state index < -0.39 is 15.2 Å². The van der Waals surface area contributed by atoms with E-state index >= 15 is 0 Å². The number of halogens is 1. The largest absolute Gasteiger partial charge is 0.266 e. The second kappa shape index (κ2) is 4.10. The topological polar surface area (TPSA) is 72.0 Å². The van der Waals surface area contributed by atoms with E-state index in [1.807, 2.05) is 0 Å². The first kappa shape index (κ1) is 11.2. The molecule has 0 unspecified atom stereocenters. The van der Waals surface area contributed by atoms with E-state index in [2.05, 4.69) is 14.7 Å². The minimum atomic E-state index is -3.48. The predicted octanol–water partition coefficient (Wildman–Crippen LogP) is 1.03. The van der Waals surface area contributed by atoms with E-state index in [1.54, 1.807) is 13.8 Å². The van der Waals surface area contributed by atoms with E-state index in [4.69, 9.17) is 11.6 Å². The average molecular weight is 236 g/mol. The van der Waals surface area contributed by atoms with Gasteiger partial charge in [-0.3, -0.25) is 4.72 Å². The third-order valence-electron chi connectivity index (χ3n) is 1.37. The van der Waals surface area contributed by atoms with Crippen LogP contribution in [0.5, 0.6) is 0 Å². The molecule has 0 amide bonds. The van der Waals surface area contributed by atoms with Gasteiger partial charge in [0, 0.05) is 11.8 Å². The Balaban J connectivity index is 2.98. The lowest BCUT2D eigenvalue weighted by atomic mass is 10.4. The highest BCUT2D eigenvalue weighted by molar-refractivity contribution is 7.93. The third-order valence-corrected chi connectivity index (χ3v) is 3.04. The fraction of sp³-hybridized carbons (Fsp3) is 0.429. The molecule has 14 heavy (non-hydrogen) atoms. The van der Waals surface area contributed by atoms with Crippen LogP contribution in [0.1, 0.15) is 11.5 Å². The minimum Gasteiger partial charge on any atom is -0.266 e. The molecule has 5 nitrogen and oxygen atoms in total. The SMILES string of the molecule is Cc1cc(NS(=O)(=O)CCl)nc(C)n1. The quantitative estimate of drug-likeness (QED) is 0.795. The van der Waals surface area contributed by atoms with E-state index in [-0.39, 0.29) is 5.82 Å². The van der Waals surface area contributed by atoms with Crippen molar-refractivity contribution < 1.29 is 8.42 Å². The molecule has 1 aromatic rings. The van der Waals surface area contributed by atoms with Crippen LogP contribution < -0.4 is 4.72 Å². The van der Waals surface area contributed by atoms with Crippen molar-refractivity contribution in [3.63, 3.8) is 0 Å². The van der Waals surface area contributed by atoms with Gasteiger partial charge < -0.3 is 0 Å². The molecule has 78 valence electrons. The molecule has 0 aromatic carbocycles. The van der Waals surface area contributed by atoms with E-state index in [1.165, 1.54) is 6.07 Å². The number of alkyl halides is 1. The number of aryl methyl sites for hydroxylation is 2. The Morgan fingerprint density at radius 2 is 2.07 bits per heavy atom. The number of hydrogen-bond acceptors (Lipinski definition) is 4. The van der Waals surface area contributed by atoms with Gasteiger partial charge in [0.2, 0.25) is 10.0 Å². The van der Waals surface area contributed by atoms with Crippen molar-refractivity contribution in [2.45, 2.75) is 13.8 Å². The van der Waals surface area contributed by atoms with Gasteiger partial charge in [-0.15, -0.1) is 11.6 Å². The summed E-state index contributed by atoms with van der Waals surface area (Å²) in [6.45, 7) is 3.44. The maximum atomic E-state index is 11.1. The first-order chi connectivity index (χ1) is 6.43. The molecule has 1 aromatic heterocycles. The zero-order chi connectivity index (χ0) is 10.8. The highest BCUT2D eigenvalue weighted by atomic mass is 35.5. The van der Waals surface area contributed by atoms with Crippen molar-refractivity contribution in [3.8, 4) is 0 Å². The van der Waals surface area contributed by atoms with Crippen molar-refractivity contribution >= 4 is 27.4 Å². The lowest BCUT2D eigenvalue weighted by Crippen LogP contribution is -2.15. The number of aromatic nitrogens is 2. The van der Waals surface area contributed by atoms with Gasteiger partial charge in [0.25, 0.3) is 0 Å². The van der Waals surface area contributed by atoms with E-state index in [0.29, 0.717) is 11.5 Å². The van der Waals surface area contributed by atoms with Gasteiger partial charge in [-0.1, -0.05) is 0 Å². The average Bonchev–Trinajstić information content (AvgIpc) is 2.01. The van der Waals surface area contributed by atoms with E-state index in [9.17, 15) is 8.42 Å². The van der Waals surface area contributed by atoms with Crippen molar-refractivity contribution in [1.29, 1.82) is 0 Å². The summed E-state index contributed by atoms with van der Waals surface area (Å²) < 4.78 is 24.4. The molecule has 0 bridgehead atoms. The van der Waals surface area contributed by atoms with Gasteiger partial charge in [0.1, 0.15) is 16.9 Å². The summed E-state index contributed by atoms with van der Waals surface area (Å²) in [6.07, 6.45) is 0. The first-order valence-corrected chi connectivity index (χ1v) is 6.00. The normalized spacial score (nSPS) is 11.4. The van der Waals surface area contributed by atoms with Crippen LogP contribution in [-0.4, -0.2) is 23.6 Å². The highest BCUT2D eigenvalue weighted by Gasteiger charge is 2.09. The summed E-state index contributed by atoms with van der Waals surface area (Å²) >= 11 is 5.23. The fourth-order valence-electron chi connectivity index (χ4n) is 0.956. The Labute approximate surface area is 87.6 Å². The fourth-order valence-corrected chi connectivity index (χ4v) is 1.60. The van der Waals surface area contributed by atoms with Crippen molar-refractivity contribution in [1.82, 2.24) is 9.97 Å². The number of nitrogens with one attached hydrogen (secondary N) is 1. The van der Waals surface area contributed by atoms with Gasteiger partial charge in [0.15, 0.2) is 0 Å². The van der Waals surface area contributed by atoms with Crippen molar-refractivity contribution in [3.05, 3.63) is 17.6 Å². The summed E-state index contributed by atoms with van der Waals surface area (Å²) in [5.41, 5.74) is 0.699. The monoisotopic (exact) mass is 235 g/mol. The summed E-state index contributed by atoms with van der Waals surface area (Å²) in [5, 5.41) is -0.491. The molecule has 0 aliphatic heterocycles. The maximum Gasteiger partial charge on any atom is 0.247 e. The van der Waals surface area contributed by atoms with Crippen LogP contribution in [-0.2, 0) is 10.0 Å². The first-order valence-electron chi connectivity index (χ1n) is 3.82. The zero-order valence-electron chi connectivity index (χ0n) is 7.78. The molecule has 0 saturated carbocycles. The Hall–Kier alpha value is -0.880. The van der Waals surface area contributed by atoms with Crippen molar-refractivity contribution in [2.24, 2.45) is 0 Å². The molecule has 7 heteroatoms. The molecule has 0 spiro atoms. The van der Waals surface area contributed by atoms with Gasteiger partial charge >= 0.3 is 0 Å². The smallest absolute Gasteiger partial charge is 0.247 e. The molecule has 0 aliphatic rings. The van der Waals surface area contributed by atoms with Crippen LogP contribution >= 0.6 is 11.6 Å². The molecular weight excluding hydrogens is 226 g/mol. The Morgan fingerprint density at radius 3 is 2.57 bits per heavy atom. The number of anilines is 1. The molecular formula is C7H10ClN3O2S. The standard InChI is InChI=1S/C7H10ClN3O2S/c1-5-3-7(10-6(2)9-5)11-14(12,13)4-8/h3H,4H2,1-2H3,(H,9,10,11). The van der Waals surface area contributed by atoms with Crippen LogP contribution in [0.3, 0.4) is 0 Å². The zero-order valence-corrected chi connectivity index (χ0v) is 9.35. The number of rotatable bonds is 3. The lowest BCUT2D eigenvalue weighted by Gasteiger charge is -2.05. The second-order valence-corrected chi connectivity index (χ2v) is 5.07. The number of sulfonamides is 1. The molecule has 1 N–H and O–H groups in total. The number of hydrogen-bond donors (Lipinski definition) is 1. The maximum absolute atomic E-state index is 11.1. The summed E-state index contributed by atoms with van der Waals surface area (Å²) in [5.74, 6) is 0.757. The summed E-state index contributed by atoms with van der Waals surface area (Å²) in [4.78, 5) is 7.92. The van der Waals surface area contributed by atoms with Crippen LogP contribution in [0.25, 0.3) is 0 Å². The van der Waals surface area contributed by atoms with Crippen LogP contribution in [0, 0.1) is 13.8 Å². The third kappa shape index (κ3) is 3.12. The highest BCUT2D eigenvalue weighted by Crippen LogP contribution is 2.08. The van der Waals surface area contributed by atoms with Gasteiger partial charge in [-0.05, 0) is 13.8 Å². The molecule has 1 heterocycles. The van der Waals surface area contributed by atoms with Crippen molar-refractivity contribution in [2.75, 3.05) is 9.93 Å². The minimum absolute atomic E-state index is 0.246. The van der Waals surface area contributed by atoms with Gasteiger partial charge in [-0.25, -0.2) is 18.4 Å². The molecule has 0 saturated heterocycles. The summed E-state index contributed by atoms with van der Waals surface area (Å²) in [7, 11) is -3.48. The Kier molecular flexibility index (Phi) is 3.28. The molecule has 0 atom stereocenters. The molecule has 1 rings (SSSR count). The van der Waals surface area contributed by atoms with Crippen LogP contribution in [0.2, 0.25) is 0 Å². The van der Waals surface area contributed by atoms with Crippen LogP contribution in [0.15, 0.2) is 6.07 Å². The van der Waals surface area contributed by atoms with Gasteiger partial charge in [-0.2, -0.15) is 0 Å². The Morgan fingerprint density at radius 1 is 1.43 bits per heavy atom. The molecule has 0 aliphatic carbocycles. The number of nitrogens with zero attached hydrogens (tertiary/aromatic N) is 2. The Bertz CT molecular complexity index is 412. The van der Waals surface area contributed by atoms with Gasteiger partial charge in [0.05, 0.1) is 0 Å². The molecule has 0 radical (unpaired) electrons.